The van der Waals surface area contributed by atoms with E-state index in [0.717, 1.165) is 0 Å². The number of nitrogen functional groups attached to an aromatic ring is 1. The van der Waals surface area contributed by atoms with E-state index in [0.29, 0.717) is 23.7 Å². The zero-order valence-corrected chi connectivity index (χ0v) is 11.0. The molecule has 2 amide bonds. The van der Waals surface area contributed by atoms with Gasteiger partial charge in [0.1, 0.15) is 12.3 Å². The molecule has 0 bridgehead atoms. The van der Waals surface area contributed by atoms with Crippen molar-refractivity contribution in [2.75, 3.05) is 37.4 Å². The van der Waals surface area contributed by atoms with Crippen LogP contribution in [0.25, 0.3) is 0 Å². The molecule has 0 fully saturated rings. The van der Waals surface area contributed by atoms with E-state index in [9.17, 15) is 9.59 Å². The van der Waals surface area contributed by atoms with Crippen LogP contribution in [-0.2, 0) is 9.59 Å². The Morgan fingerprint density at radius 3 is 2.95 bits per heavy atom. The summed E-state index contributed by atoms with van der Waals surface area (Å²) in [5.41, 5.74) is 6.82. The van der Waals surface area contributed by atoms with Crippen molar-refractivity contribution in [1.82, 2.24) is 4.90 Å². The molecular formula is C13H17N3O3. The number of fused-ring (bicyclic) bond motifs is 1. The molecule has 2 N–H and O–H groups in total. The van der Waals surface area contributed by atoms with Gasteiger partial charge in [0.2, 0.25) is 5.91 Å². The van der Waals surface area contributed by atoms with Crippen molar-refractivity contribution < 1.29 is 14.3 Å². The van der Waals surface area contributed by atoms with Gasteiger partial charge in [-0.25, -0.2) is 0 Å². The average Bonchev–Trinajstić information content (AvgIpc) is 2.40. The number of amides is 2. The summed E-state index contributed by atoms with van der Waals surface area (Å²) < 4.78 is 5.32. The Hall–Kier alpha value is -2.24. The molecule has 1 aliphatic heterocycles. The molecule has 0 aliphatic carbocycles. The first-order valence-electron chi connectivity index (χ1n) is 6.09. The Labute approximate surface area is 111 Å². The highest BCUT2D eigenvalue weighted by atomic mass is 16.5. The number of likely N-dealkylation sites (N-methyl/N-ethyl adjacent to an activating group) is 1. The number of anilines is 2. The van der Waals surface area contributed by atoms with Crippen LogP contribution in [0.2, 0.25) is 0 Å². The molecule has 19 heavy (non-hydrogen) atoms. The van der Waals surface area contributed by atoms with Crippen molar-refractivity contribution in [3.8, 4) is 5.75 Å². The summed E-state index contributed by atoms with van der Waals surface area (Å²) in [5.74, 6) is 0.196. The molecule has 0 saturated heterocycles. The zero-order chi connectivity index (χ0) is 14.0. The third-order valence-electron chi connectivity index (χ3n) is 3.12. The summed E-state index contributed by atoms with van der Waals surface area (Å²) in [6.07, 6.45) is 0. The van der Waals surface area contributed by atoms with Gasteiger partial charge in [0, 0.05) is 25.3 Å². The minimum Gasteiger partial charge on any atom is -0.481 e. The first-order valence-corrected chi connectivity index (χ1v) is 6.09. The zero-order valence-electron chi connectivity index (χ0n) is 11.0. The van der Waals surface area contributed by atoms with Crippen molar-refractivity contribution in [2.24, 2.45) is 0 Å². The Balaban J connectivity index is 2.26. The van der Waals surface area contributed by atoms with E-state index in [1.54, 1.807) is 30.1 Å². The van der Waals surface area contributed by atoms with Crippen LogP contribution in [-0.4, -0.2) is 43.5 Å². The van der Waals surface area contributed by atoms with Crippen LogP contribution in [0.5, 0.6) is 5.75 Å². The van der Waals surface area contributed by atoms with E-state index in [2.05, 4.69) is 0 Å². The monoisotopic (exact) mass is 263 g/mol. The number of nitrogens with two attached hydrogens (primary N) is 1. The number of hydrogen-bond acceptors (Lipinski definition) is 4. The quantitative estimate of drug-likeness (QED) is 0.804. The standard InChI is InChI=1S/C13H17N3O3/c1-3-15(2)12(17)7-16-10-5-4-9(14)6-11(10)19-8-13(16)18/h4-6H,3,7-8,14H2,1-2H3. The van der Waals surface area contributed by atoms with Crippen LogP contribution in [0.3, 0.4) is 0 Å². The van der Waals surface area contributed by atoms with E-state index >= 15 is 0 Å². The highest BCUT2D eigenvalue weighted by Gasteiger charge is 2.28. The van der Waals surface area contributed by atoms with Gasteiger partial charge in [-0.15, -0.1) is 0 Å². The van der Waals surface area contributed by atoms with Crippen molar-refractivity contribution >= 4 is 23.2 Å². The third-order valence-corrected chi connectivity index (χ3v) is 3.12. The largest absolute Gasteiger partial charge is 0.481 e. The molecule has 1 aromatic rings. The summed E-state index contributed by atoms with van der Waals surface area (Å²) in [6.45, 7) is 2.43. The van der Waals surface area contributed by atoms with Gasteiger partial charge in [-0.2, -0.15) is 0 Å². The summed E-state index contributed by atoms with van der Waals surface area (Å²) in [4.78, 5) is 26.8. The van der Waals surface area contributed by atoms with E-state index in [1.165, 1.54) is 4.90 Å². The van der Waals surface area contributed by atoms with Crippen LogP contribution in [0.15, 0.2) is 18.2 Å². The molecule has 1 aliphatic rings. The van der Waals surface area contributed by atoms with Gasteiger partial charge in [0.05, 0.1) is 5.69 Å². The van der Waals surface area contributed by atoms with E-state index in [1.807, 2.05) is 6.92 Å². The predicted octanol–water partition coefficient (Wildman–Crippen LogP) is 0.473. The first-order chi connectivity index (χ1) is 9.02. The Kier molecular flexibility index (Phi) is 3.59. The number of rotatable bonds is 3. The molecule has 6 nitrogen and oxygen atoms in total. The highest BCUT2D eigenvalue weighted by Crippen LogP contribution is 2.33. The van der Waals surface area contributed by atoms with Gasteiger partial charge in [-0.05, 0) is 19.1 Å². The molecule has 0 radical (unpaired) electrons. The maximum absolute atomic E-state index is 11.9. The molecular weight excluding hydrogens is 246 g/mol. The number of hydrogen-bond donors (Lipinski definition) is 1. The minimum absolute atomic E-state index is 0.0173. The molecule has 0 spiro atoms. The number of benzene rings is 1. The third kappa shape index (κ3) is 2.62. The van der Waals surface area contributed by atoms with Crippen molar-refractivity contribution in [2.45, 2.75) is 6.92 Å². The lowest BCUT2D eigenvalue weighted by molar-refractivity contribution is -0.130. The maximum Gasteiger partial charge on any atom is 0.265 e. The lowest BCUT2D eigenvalue weighted by Crippen LogP contribution is -2.45. The maximum atomic E-state index is 11.9. The van der Waals surface area contributed by atoms with Gasteiger partial charge in [-0.1, -0.05) is 0 Å². The second-order valence-electron chi connectivity index (χ2n) is 4.40. The van der Waals surface area contributed by atoms with Gasteiger partial charge in [0.15, 0.2) is 6.61 Å². The van der Waals surface area contributed by atoms with E-state index < -0.39 is 0 Å². The molecule has 1 aromatic carbocycles. The van der Waals surface area contributed by atoms with Crippen LogP contribution in [0.4, 0.5) is 11.4 Å². The number of carbonyl (C=O) groups excluding carboxylic acids is 2. The van der Waals surface area contributed by atoms with Crippen LogP contribution >= 0.6 is 0 Å². The topological polar surface area (TPSA) is 75.9 Å². The van der Waals surface area contributed by atoms with Crippen LogP contribution in [0, 0.1) is 0 Å². The molecule has 0 atom stereocenters. The van der Waals surface area contributed by atoms with E-state index in [4.69, 9.17) is 10.5 Å². The second-order valence-corrected chi connectivity index (χ2v) is 4.40. The smallest absolute Gasteiger partial charge is 0.265 e. The summed E-state index contributed by atoms with van der Waals surface area (Å²) >= 11 is 0. The normalized spacial score (nSPS) is 13.8. The molecule has 102 valence electrons. The fraction of sp³-hybridized carbons (Fsp3) is 0.385. The average molecular weight is 263 g/mol. The van der Waals surface area contributed by atoms with Crippen molar-refractivity contribution in [3.05, 3.63) is 18.2 Å². The van der Waals surface area contributed by atoms with Gasteiger partial charge in [-0.3, -0.25) is 14.5 Å². The molecule has 0 unspecified atom stereocenters. The van der Waals surface area contributed by atoms with Crippen LogP contribution < -0.4 is 15.4 Å². The molecule has 2 rings (SSSR count). The molecule has 1 heterocycles. The van der Waals surface area contributed by atoms with Crippen molar-refractivity contribution in [1.29, 1.82) is 0 Å². The Morgan fingerprint density at radius 2 is 2.26 bits per heavy atom. The second kappa shape index (κ2) is 5.17. The minimum atomic E-state index is -0.227. The summed E-state index contributed by atoms with van der Waals surface area (Å²) in [5, 5.41) is 0. The van der Waals surface area contributed by atoms with Crippen LogP contribution in [0.1, 0.15) is 6.92 Å². The number of ether oxygens (including phenoxy) is 1. The SMILES string of the molecule is CCN(C)C(=O)CN1C(=O)COc2cc(N)ccc21. The molecule has 6 heteroatoms. The fourth-order valence-electron chi connectivity index (χ4n) is 1.83. The highest BCUT2D eigenvalue weighted by molar-refractivity contribution is 6.02. The predicted molar refractivity (Wildman–Crippen MR) is 72.0 cm³/mol. The van der Waals surface area contributed by atoms with E-state index in [-0.39, 0.29) is 25.0 Å². The number of carbonyl (C=O) groups is 2. The Bertz CT molecular complexity index is 516. The van der Waals surface area contributed by atoms with Gasteiger partial charge >= 0.3 is 0 Å². The Morgan fingerprint density at radius 1 is 1.53 bits per heavy atom. The van der Waals surface area contributed by atoms with Crippen molar-refractivity contribution in [3.63, 3.8) is 0 Å². The molecule has 0 saturated carbocycles. The summed E-state index contributed by atoms with van der Waals surface area (Å²) in [6, 6.07) is 5.03. The number of nitrogens with zero attached hydrogens (tertiary/aromatic N) is 2. The lowest BCUT2D eigenvalue weighted by Gasteiger charge is -2.30. The summed E-state index contributed by atoms with van der Waals surface area (Å²) in [7, 11) is 1.71. The lowest BCUT2D eigenvalue weighted by atomic mass is 10.2. The van der Waals surface area contributed by atoms with Gasteiger partial charge in [0.25, 0.3) is 5.91 Å². The fourth-order valence-corrected chi connectivity index (χ4v) is 1.83. The van der Waals surface area contributed by atoms with Gasteiger partial charge < -0.3 is 15.4 Å². The first kappa shape index (κ1) is 13.2. The molecule has 0 aromatic heterocycles.